The first-order chi connectivity index (χ1) is 4.33. The van der Waals surface area contributed by atoms with Gasteiger partial charge >= 0.3 is 18.9 Å². The second kappa shape index (κ2) is 4.51. The smallest absolute Gasteiger partial charge is 0.337 e. The molecule has 0 amide bonds. The molecule has 0 bridgehead atoms. The summed E-state index contributed by atoms with van der Waals surface area (Å²) >= 11 is 0. The van der Waals surface area contributed by atoms with Crippen molar-refractivity contribution in [2.75, 3.05) is 0 Å². The van der Waals surface area contributed by atoms with E-state index in [0.29, 0.717) is 6.54 Å². The zero-order chi connectivity index (χ0) is 6.69. The summed E-state index contributed by atoms with van der Waals surface area (Å²) in [4.78, 5) is 0. The van der Waals surface area contributed by atoms with E-state index in [4.69, 9.17) is 5.73 Å². The minimum Gasteiger partial charge on any atom is -0.337 e. The molecule has 0 aliphatic carbocycles. The van der Waals surface area contributed by atoms with Gasteiger partial charge in [-0.1, -0.05) is 0 Å². The minimum atomic E-state index is -0.341. The van der Waals surface area contributed by atoms with Crippen LogP contribution in [0.2, 0.25) is 0 Å². The molecule has 0 radical (unpaired) electrons. The fourth-order valence-electron chi connectivity index (χ4n) is 0.565. The second-order valence-corrected chi connectivity index (χ2v) is 1.75. The van der Waals surface area contributed by atoms with E-state index in [1.54, 1.807) is 12.1 Å². The quantitative estimate of drug-likeness (QED) is 0.349. The van der Waals surface area contributed by atoms with E-state index in [0.717, 1.165) is 5.56 Å². The Balaban J connectivity index is 0.000000810. The summed E-state index contributed by atoms with van der Waals surface area (Å²) in [6, 6.07) is 6.95. The van der Waals surface area contributed by atoms with Crippen molar-refractivity contribution in [2.45, 2.75) is 6.54 Å². The third-order valence-corrected chi connectivity index (χ3v) is 1.07. The first kappa shape index (κ1) is 9.71. The maximum atomic E-state index is 12.1. The molecule has 0 unspecified atom stereocenters. The molecule has 0 aliphatic heterocycles. The number of hydrogen-bond acceptors (Lipinski definition) is 1. The van der Waals surface area contributed by atoms with E-state index in [-0.39, 0.29) is 24.7 Å². The van der Waals surface area contributed by atoms with Gasteiger partial charge in [-0.15, -0.1) is 17.7 Å². The molecule has 1 aromatic carbocycles. The predicted octanol–water partition coefficient (Wildman–Crippen LogP) is -1.91. The fourth-order valence-corrected chi connectivity index (χ4v) is 0.565. The van der Waals surface area contributed by atoms with E-state index in [2.05, 4.69) is 6.07 Å². The topological polar surface area (TPSA) is 26.0 Å². The van der Waals surface area contributed by atoms with E-state index in [1.165, 1.54) is 6.07 Å². The third-order valence-electron chi connectivity index (χ3n) is 1.07. The maximum absolute atomic E-state index is 12.1. The van der Waals surface area contributed by atoms with Crippen molar-refractivity contribution in [3.63, 3.8) is 0 Å². The van der Waals surface area contributed by atoms with Gasteiger partial charge in [-0.05, 0) is 6.54 Å². The Bertz CT molecular complexity index is 185. The summed E-state index contributed by atoms with van der Waals surface area (Å²) in [5.41, 5.74) is 6.16. The second-order valence-electron chi connectivity index (χ2n) is 1.75. The average molecular weight is 131 g/mol. The number of halogens is 1. The third kappa shape index (κ3) is 2.53. The van der Waals surface area contributed by atoms with Crippen molar-refractivity contribution in [1.29, 1.82) is 0 Å². The Morgan fingerprint density at radius 1 is 1.50 bits per heavy atom. The summed E-state index contributed by atoms with van der Waals surface area (Å²) < 4.78 is 12.1. The Morgan fingerprint density at radius 2 is 2.20 bits per heavy atom. The van der Waals surface area contributed by atoms with Crippen LogP contribution in [0.5, 0.6) is 0 Å². The van der Waals surface area contributed by atoms with Crippen LogP contribution in [-0.2, 0) is 6.54 Å². The van der Waals surface area contributed by atoms with Gasteiger partial charge in [-0.2, -0.15) is 12.1 Å². The first-order valence-electron chi connectivity index (χ1n) is 2.69. The van der Waals surface area contributed by atoms with Crippen LogP contribution in [0, 0.1) is 11.9 Å². The van der Waals surface area contributed by atoms with Crippen LogP contribution in [0.25, 0.3) is 0 Å². The Kier molecular flexibility index (Phi) is 4.38. The van der Waals surface area contributed by atoms with Gasteiger partial charge in [-0.25, -0.2) is 4.39 Å². The maximum Gasteiger partial charge on any atom is 1.00 e. The molecule has 0 saturated carbocycles. The Hall–Kier alpha value is -0.293. The molecule has 0 saturated heterocycles. The SMILES string of the molecule is NCc1c[c-]c(F)cc1.[Li+]. The molecule has 2 N–H and O–H groups in total. The molecule has 0 aromatic heterocycles. The molecule has 48 valence electrons. The van der Waals surface area contributed by atoms with Crippen LogP contribution < -0.4 is 24.6 Å². The first-order valence-corrected chi connectivity index (χ1v) is 2.69. The normalized spacial score (nSPS) is 8.60. The van der Waals surface area contributed by atoms with Gasteiger partial charge in [0.15, 0.2) is 0 Å². The molecule has 1 rings (SSSR count). The van der Waals surface area contributed by atoms with E-state index in [9.17, 15) is 4.39 Å². The average Bonchev–Trinajstić information content (AvgIpc) is 1.90. The van der Waals surface area contributed by atoms with Gasteiger partial charge in [0.05, 0.1) is 0 Å². The van der Waals surface area contributed by atoms with Gasteiger partial charge in [0, 0.05) is 5.82 Å². The van der Waals surface area contributed by atoms with Crippen molar-refractivity contribution in [3.05, 3.63) is 35.6 Å². The van der Waals surface area contributed by atoms with Crippen LogP contribution in [0.15, 0.2) is 18.2 Å². The largest absolute Gasteiger partial charge is 1.00 e. The Labute approximate surface area is 71.6 Å². The molecule has 0 heterocycles. The van der Waals surface area contributed by atoms with Crippen LogP contribution in [0.4, 0.5) is 4.39 Å². The zero-order valence-corrected chi connectivity index (χ0v) is 5.89. The van der Waals surface area contributed by atoms with Crippen molar-refractivity contribution in [2.24, 2.45) is 5.73 Å². The molecule has 0 atom stereocenters. The van der Waals surface area contributed by atoms with E-state index in [1.807, 2.05) is 0 Å². The van der Waals surface area contributed by atoms with Crippen molar-refractivity contribution in [3.8, 4) is 0 Å². The molecular formula is C7H7FLiN. The van der Waals surface area contributed by atoms with Crippen LogP contribution in [-0.4, -0.2) is 0 Å². The monoisotopic (exact) mass is 131 g/mol. The number of nitrogens with two attached hydrogens (primary N) is 1. The molecule has 0 spiro atoms. The molecule has 3 heteroatoms. The summed E-state index contributed by atoms with van der Waals surface area (Å²) in [6.07, 6.45) is 0. The van der Waals surface area contributed by atoms with Crippen molar-refractivity contribution in [1.82, 2.24) is 0 Å². The summed E-state index contributed by atoms with van der Waals surface area (Å²) in [7, 11) is 0. The zero-order valence-electron chi connectivity index (χ0n) is 5.89. The van der Waals surface area contributed by atoms with Gasteiger partial charge < -0.3 is 5.73 Å². The molecule has 1 aromatic rings. The fraction of sp³-hybridized carbons (Fsp3) is 0.143. The van der Waals surface area contributed by atoms with Gasteiger partial charge in [0.25, 0.3) is 0 Å². The number of benzene rings is 1. The van der Waals surface area contributed by atoms with E-state index < -0.39 is 0 Å². The van der Waals surface area contributed by atoms with Crippen LogP contribution in [0.3, 0.4) is 0 Å². The molecule has 10 heavy (non-hydrogen) atoms. The molecule has 0 fully saturated rings. The summed E-state index contributed by atoms with van der Waals surface area (Å²) in [6.45, 7) is 0.441. The molecule has 1 nitrogen and oxygen atoms in total. The standard InChI is InChI=1S/C7H7FN.Li/c8-7-3-1-6(5-9)2-4-7;/h1-3H,5,9H2;/q-1;+1. The minimum absolute atomic E-state index is 0. The van der Waals surface area contributed by atoms with Gasteiger partial charge in [0.1, 0.15) is 0 Å². The van der Waals surface area contributed by atoms with Crippen molar-refractivity contribution >= 4 is 0 Å². The predicted molar refractivity (Wildman–Crippen MR) is 33.1 cm³/mol. The van der Waals surface area contributed by atoms with Crippen LogP contribution in [0.1, 0.15) is 5.56 Å². The summed E-state index contributed by atoms with van der Waals surface area (Å²) in [5.74, 6) is -0.341. The van der Waals surface area contributed by atoms with Gasteiger partial charge in [-0.3, -0.25) is 0 Å². The number of rotatable bonds is 1. The van der Waals surface area contributed by atoms with Crippen molar-refractivity contribution < 1.29 is 23.3 Å². The number of hydrogen-bond donors (Lipinski definition) is 1. The Morgan fingerprint density at radius 3 is 2.60 bits per heavy atom. The van der Waals surface area contributed by atoms with E-state index >= 15 is 0 Å². The van der Waals surface area contributed by atoms with Crippen LogP contribution >= 0.6 is 0 Å². The molecular weight excluding hydrogens is 124 g/mol. The summed E-state index contributed by atoms with van der Waals surface area (Å²) in [5, 5.41) is 0. The van der Waals surface area contributed by atoms with Gasteiger partial charge in [0.2, 0.25) is 0 Å². The molecule has 0 aliphatic rings.